The molecule has 0 saturated carbocycles. The van der Waals surface area contributed by atoms with E-state index >= 15 is 0 Å². The molecule has 0 aliphatic heterocycles. The fourth-order valence-corrected chi connectivity index (χ4v) is 3.73. The molecular weight excluding hydrogens is 475 g/mol. The van der Waals surface area contributed by atoms with Crippen LogP contribution >= 0.6 is 23.2 Å². The number of amides is 2. The van der Waals surface area contributed by atoms with E-state index in [1.165, 1.54) is 4.90 Å². The lowest BCUT2D eigenvalue weighted by Gasteiger charge is -2.29. The quantitative estimate of drug-likeness (QED) is 0.419. The molecule has 0 aliphatic rings. The number of methoxy groups -OCH3 is 1. The van der Waals surface area contributed by atoms with E-state index in [0.717, 1.165) is 11.1 Å². The molecule has 2 amide bonds. The topological polar surface area (TPSA) is 67.9 Å². The first-order valence-corrected chi connectivity index (χ1v) is 11.4. The number of hydrogen-bond donors (Lipinski definition) is 1. The number of benzene rings is 3. The van der Waals surface area contributed by atoms with Crippen molar-refractivity contribution in [1.82, 2.24) is 10.2 Å². The van der Waals surface area contributed by atoms with Crippen molar-refractivity contribution >= 4 is 35.0 Å². The zero-order valence-corrected chi connectivity index (χ0v) is 20.5. The van der Waals surface area contributed by atoms with Crippen molar-refractivity contribution in [2.45, 2.75) is 26.1 Å². The maximum atomic E-state index is 13.1. The summed E-state index contributed by atoms with van der Waals surface area (Å²) >= 11 is 12.2. The summed E-state index contributed by atoms with van der Waals surface area (Å²) in [7, 11) is 1.59. The summed E-state index contributed by atoms with van der Waals surface area (Å²) in [4.78, 5) is 27.6. The zero-order valence-electron chi connectivity index (χ0n) is 19.0. The van der Waals surface area contributed by atoms with Gasteiger partial charge in [0.25, 0.3) is 5.91 Å². The molecule has 34 heavy (non-hydrogen) atoms. The average Bonchev–Trinajstić information content (AvgIpc) is 2.85. The first-order chi connectivity index (χ1) is 16.4. The van der Waals surface area contributed by atoms with E-state index in [1.807, 2.05) is 42.5 Å². The summed E-state index contributed by atoms with van der Waals surface area (Å²) in [5.74, 6) is 0.661. The largest absolute Gasteiger partial charge is 0.497 e. The third-order valence-electron chi connectivity index (χ3n) is 5.25. The smallest absolute Gasteiger partial charge is 0.261 e. The number of para-hydroxylation sites is 1. The van der Waals surface area contributed by atoms with Gasteiger partial charge in [-0.3, -0.25) is 9.59 Å². The average molecular weight is 501 g/mol. The van der Waals surface area contributed by atoms with Crippen LogP contribution < -0.4 is 14.8 Å². The molecule has 0 aliphatic carbocycles. The Balaban J connectivity index is 1.71. The number of carbonyl (C=O) groups is 2. The van der Waals surface area contributed by atoms with Gasteiger partial charge in [0, 0.05) is 23.1 Å². The van der Waals surface area contributed by atoms with Crippen LogP contribution in [0.2, 0.25) is 10.0 Å². The number of nitrogens with one attached hydrogen (secondary N) is 1. The van der Waals surface area contributed by atoms with E-state index in [1.54, 1.807) is 44.4 Å². The molecule has 0 heterocycles. The highest BCUT2D eigenvalue weighted by Gasteiger charge is 2.26. The maximum absolute atomic E-state index is 13.1. The van der Waals surface area contributed by atoms with Gasteiger partial charge in [-0.25, -0.2) is 0 Å². The Bertz CT molecular complexity index is 1110. The van der Waals surface area contributed by atoms with Gasteiger partial charge in [0.15, 0.2) is 6.61 Å². The molecule has 0 fully saturated rings. The monoisotopic (exact) mass is 500 g/mol. The Hall–Kier alpha value is -3.22. The van der Waals surface area contributed by atoms with Crippen LogP contribution in [0.15, 0.2) is 72.8 Å². The predicted molar refractivity (Wildman–Crippen MR) is 133 cm³/mol. The summed E-state index contributed by atoms with van der Waals surface area (Å²) in [6, 6.07) is 20.7. The minimum absolute atomic E-state index is 0.194. The third kappa shape index (κ3) is 7.14. The van der Waals surface area contributed by atoms with Gasteiger partial charge >= 0.3 is 0 Å². The van der Waals surface area contributed by atoms with Crippen molar-refractivity contribution in [2.24, 2.45) is 0 Å². The Morgan fingerprint density at radius 3 is 2.32 bits per heavy atom. The van der Waals surface area contributed by atoms with Gasteiger partial charge in [-0.05, 0) is 54.4 Å². The first kappa shape index (κ1) is 25.4. The fraction of sp³-hybridized carbons (Fsp3) is 0.231. The van der Waals surface area contributed by atoms with Gasteiger partial charge in [0.1, 0.15) is 17.5 Å². The number of hydrogen-bond acceptors (Lipinski definition) is 4. The van der Waals surface area contributed by atoms with Crippen molar-refractivity contribution in [1.29, 1.82) is 0 Å². The summed E-state index contributed by atoms with van der Waals surface area (Å²) in [5, 5.41) is 3.83. The minimum atomic E-state index is -0.750. The van der Waals surface area contributed by atoms with Gasteiger partial charge in [-0.1, -0.05) is 59.6 Å². The zero-order chi connectivity index (χ0) is 24.5. The highest BCUT2D eigenvalue weighted by molar-refractivity contribution is 6.35. The van der Waals surface area contributed by atoms with Gasteiger partial charge in [-0.2, -0.15) is 0 Å². The van der Waals surface area contributed by atoms with Gasteiger partial charge < -0.3 is 19.7 Å². The Morgan fingerprint density at radius 1 is 0.971 bits per heavy atom. The SMILES string of the molecule is COc1ccc(CN(C(=O)COc2ccccc2)[C@@H](C)C(=O)NCc2ccc(Cl)cc2Cl)cc1. The first-order valence-electron chi connectivity index (χ1n) is 10.7. The van der Waals surface area contributed by atoms with E-state index in [2.05, 4.69) is 5.32 Å². The van der Waals surface area contributed by atoms with Crippen LogP contribution in [0.1, 0.15) is 18.1 Å². The molecule has 3 rings (SSSR count). The lowest BCUT2D eigenvalue weighted by Crippen LogP contribution is -2.48. The molecule has 0 unspecified atom stereocenters. The standard InChI is InChI=1S/C26H26Cl2N2O4/c1-18(26(32)29-15-20-10-11-21(27)14-24(20)28)30(16-19-8-12-22(33-2)13-9-19)25(31)17-34-23-6-4-3-5-7-23/h3-14,18H,15-17H2,1-2H3,(H,29,32)/t18-/m0/s1. The molecule has 1 N–H and O–H groups in total. The van der Waals surface area contributed by atoms with E-state index in [4.69, 9.17) is 32.7 Å². The number of halogens is 2. The molecule has 0 saturated heterocycles. The lowest BCUT2D eigenvalue weighted by molar-refractivity contribution is -0.142. The summed E-state index contributed by atoms with van der Waals surface area (Å²) < 4.78 is 10.8. The summed E-state index contributed by atoms with van der Waals surface area (Å²) in [5.41, 5.74) is 1.58. The van der Waals surface area contributed by atoms with E-state index in [9.17, 15) is 9.59 Å². The van der Waals surface area contributed by atoms with E-state index in [-0.39, 0.29) is 31.5 Å². The molecule has 0 spiro atoms. The molecule has 1 atom stereocenters. The summed E-state index contributed by atoms with van der Waals surface area (Å²) in [6.45, 7) is 1.94. The number of carbonyl (C=O) groups excluding carboxylic acids is 2. The van der Waals surface area contributed by atoms with Crippen LogP contribution in [-0.4, -0.2) is 36.5 Å². The van der Waals surface area contributed by atoms with Crippen LogP contribution in [0.25, 0.3) is 0 Å². The van der Waals surface area contributed by atoms with Crippen molar-refractivity contribution in [2.75, 3.05) is 13.7 Å². The number of ether oxygens (including phenoxy) is 2. The Labute approximate surface area is 209 Å². The van der Waals surface area contributed by atoms with Gasteiger partial charge in [-0.15, -0.1) is 0 Å². The van der Waals surface area contributed by atoms with Gasteiger partial charge in [0.2, 0.25) is 5.91 Å². The van der Waals surface area contributed by atoms with Crippen LogP contribution in [0.5, 0.6) is 11.5 Å². The second kappa shape index (κ2) is 12.3. The van der Waals surface area contributed by atoms with E-state index in [0.29, 0.717) is 21.5 Å². The Morgan fingerprint density at radius 2 is 1.68 bits per heavy atom. The summed E-state index contributed by atoms with van der Waals surface area (Å²) in [6.07, 6.45) is 0. The third-order valence-corrected chi connectivity index (χ3v) is 5.84. The molecule has 0 aromatic heterocycles. The lowest BCUT2D eigenvalue weighted by atomic mass is 10.1. The maximum Gasteiger partial charge on any atom is 0.261 e. The highest BCUT2D eigenvalue weighted by atomic mass is 35.5. The number of rotatable bonds is 10. The molecule has 178 valence electrons. The molecule has 8 heteroatoms. The molecule has 3 aromatic rings. The predicted octanol–water partition coefficient (Wildman–Crippen LogP) is 5.11. The fourth-order valence-electron chi connectivity index (χ4n) is 3.25. The molecule has 0 bridgehead atoms. The van der Waals surface area contributed by atoms with Crippen molar-refractivity contribution < 1.29 is 19.1 Å². The van der Waals surface area contributed by atoms with E-state index < -0.39 is 6.04 Å². The molecule has 0 radical (unpaired) electrons. The minimum Gasteiger partial charge on any atom is -0.497 e. The molecular formula is C26H26Cl2N2O4. The Kier molecular flexibility index (Phi) is 9.19. The van der Waals surface area contributed by atoms with Crippen LogP contribution in [0.4, 0.5) is 0 Å². The van der Waals surface area contributed by atoms with Crippen LogP contribution in [-0.2, 0) is 22.7 Å². The van der Waals surface area contributed by atoms with Crippen molar-refractivity contribution in [3.8, 4) is 11.5 Å². The highest BCUT2D eigenvalue weighted by Crippen LogP contribution is 2.21. The van der Waals surface area contributed by atoms with Crippen molar-refractivity contribution in [3.63, 3.8) is 0 Å². The van der Waals surface area contributed by atoms with Crippen LogP contribution in [0, 0.1) is 0 Å². The molecule has 6 nitrogen and oxygen atoms in total. The van der Waals surface area contributed by atoms with Gasteiger partial charge in [0.05, 0.1) is 7.11 Å². The second-order valence-electron chi connectivity index (χ2n) is 7.60. The van der Waals surface area contributed by atoms with Crippen molar-refractivity contribution in [3.05, 3.63) is 94.0 Å². The van der Waals surface area contributed by atoms with Crippen LogP contribution in [0.3, 0.4) is 0 Å². The second-order valence-corrected chi connectivity index (χ2v) is 8.44. The normalized spacial score (nSPS) is 11.4. The molecule has 3 aromatic carbocycles. The number of nitrogens with zero attached hydrogens (tertiary/aromatic N) is 1.